The number of nitrogens with one attached hydrogen (secondary N) is 1. The fourth-order valence-electron chi connectivity index (χ4n) is 5.38. The van der Waals surface area contributed by atoms with Gasteiger partial charge in [0.05, 0.1) is 32.1 Å². The van der Waals surface area contributed by atoms with E-state index < -0.39 is 32.1 Å². The molecule has 0 amide bonds. The number of benzene rings is 1. The number of hydrogen-bond acceptors (Lipinski definition) is 10. The molecule has 0 radical (unpaired) electrons. The molecule has 0 saturated heterocycles. The number of hydrogen-bond donors (Lipinski definition) is 3. The highest BCUT2D eigenvalue weighted by Crippen LogP contribution is 2.35. The number of fused-ring (bicyclic) bond motifs is 1. The number of nitrogens with two attached hydrogens (primary N) is 1. The van der Waals surface area contributed by atoms with Gasteiger partial charge in [0.15, 0.2) is 4.90 Å². The average molecular weight is 617 g/mol. The maximum Gasteiger partial charge on any atom is 0.267 e. The Labute approximate surface area is 245 Å². The van der Waals surface area contributed by atoms with E-state index in [9.17, 15) is 22.0 Å². The lowest BCUT2D eigenvalue weighted by atomic mass is 9.92. The number of pyridine rings is 2. The Kier molecular flexibility index (Phi) is 8.57. The molecule has 5 rings (SSSR count). The lowest BCUT2D eigenvalue weighted by Crippen LogP contribution is -2.32. The van der Waals surface area contributed by atoms with Crippen LogP contribution in [0.2, 0.25) is 0 Å². The molecule has 1 aliphatic carbocycles. The van der Waals surface area contributed by atoms with Crippen molar-refractivity contribution in [3.05, 3.63) is 64.2 Å². The predicted octanol–water partition coefficient (Wildman–Crippen LogP) is 3.32. The zero-order valence-corrected chi connectivity index (χ0v) is 24.2. The maximum atomic E-state index is 14.4. The minimum Gasteiger partial charge on any atom is -0.480 e. The van der Waals surface area contributed by atoms with E-state index in [1.807, 2.05) is 0 Å². The third-order valence-electron chi connectivity index (χ3n) is 7.34. The molecule has 0 spiro atoms. The van der Waals surface area contributed by atoms with Crippen LogP contribution >= 0.6 is 0 Å². The van der Waals surface area contributed by atoms with Crippen molar-refractivity contribution in [2.75, 3.05) is 30.8 Å². The van der Waals surface area contributed by atoms with Crippen molar-refractivity contribution in [3.8, 4) is 17.0 Å². The summed E-state index contributed by atoms with van der Waals surface area (Å²) < 4.78 is 69.4. The van der Waals surface area contributed by atoms with Crippen LogP contribution < -0.4 is 20.8 Å². The Morgan fingerprint density at radius 3 is 2.49 bits per heavy atom. The molecule has 0 unspecified atom stereocenters. The number of aliphatic hydroxyl groups is 1. The molecule has 228 valence electrons. The molecule has 1 aromatic carbocycles. The number of halogens is 2. The van der Waals surface area contributed by atoms with Crippen LogP contribution in [0.25, 0.3) is 22.2 Å². The Hall–Kier alpha value is -4.21. The van der Waals surface area contributed by atoms with E-state index in [2.05, 4.69) is 19.7 Å². The van der Waals surface area contributed by atoms with Gasteiger partial charge in [-0.15, -0.1) is 0 Å². The predicted molar refractivity (Wildman–Crippen MR) is 154 cm³/mol. The number of aryl methyl sites for hydroxylation is 1. The van der Waals surface area contributed by atoms with Gasteiger partial charge < -0.3 is 20.3 Å². The monoisotopic (exact) mass is 616 g/mol. The van der Waals surface area contributed by atoms with Gasteiger partial charge in [-0.25, -0.2) is 27.2 Å². The van der Waals surface area contributed by atoms with E-state index >= 15 is 0 Å². The minimum atomic E-state index is -4.76. The third kappa shape index (κ3) is 6.00. The van der Waals surface area contributed by atoms with Crippen LogP contribution in [-0.2, 0) is 14.8 Å². The topological polar surface area (TPSA) is 172 Å². The normalized spacial score (nSPS) is 17.2. The van der Waals surface area contributed by atoms with Crippen LogP contribution in [0.5, 0.6) is 5.88 Å². The van der Waals surface area contributed by atoms with E-state index in [1.54, 1.807) is 17.6 Å². The average Bonchev–Trinajstić information content (AvgIpc) is 2.96. The van der Waals surface area contributed by atoms with Crippen molar-refractivity contribution in [2.24, 2.45) is 0 Å². The van der Waals surface area contributed by atoms with Crippen molar-refractivity contribution >= 4 is 32.7 Å². The highest BCUT2D eigenvalue weighted by molar-refractivity contribution is 7.92. The van der Waals surface area contributed by atoms with Crippen LogP contribution in [0.3, 0.4) is 0 Å². The van der Waals surface area contributed by atoms with Crippen molar-refractivity contribution < 1.29 is 31.8 Å². The lowest BCUT2D eigenvalue weighted by Gasteiger charge is -2.30. The number of methoxy groups -OCH3 is 1. The van der Waals surface area contributed by atoms with Crippen molar-refractivity contribution in [1.82, 2.24) is 19.5 Å². The number of nitrogen functional groups attached to an aromatic ring is 1. The van der Waals surface area contributed by atoms with Gasteiger partial charge in [0.2, 0.25) is 11.8 Å². The summed E-state index contributed by atoms with van der Waals surface area (Å²) in [6.07, 6.45) is 3.79. The number of aromatic nitrogens is 4. The Morgan fingerprint density at radius 1 is 1.14 bits per heavy atom. The smallest absolute Gasteiger partial charge is 0.267 e. The summed E-state index contributed by atoms with van der Waals surface area (Å²) >= 11 is 0. The molecule has 1 fully saturated rings. The summed E-state index contributed by atoms with van der Waals surface area (Å²) in [4.78, 5) is 25.8. The summed E-state index contributed by atoms with van der Waals surface area (Å²) in [5.74, 6) is -2.73. The number of sulfonamides is 1. The number of ether oxygens (including phenoxy) is 2. The Bertz CT molecular complexity index is 1820. The van der Waals surface area contributed by atoms with Crippen molar-refractivity contribution in [2.45, 2.75) is 49.6 Å². The van der Waals surface area contributed by atoms with Crippen LogP contribution in [0, 0.1) is 18.6 Å². The number of anilines is 2. The molecule has 0 aliphatic heterocycles. The molecule has 1 aliphatic rings. The van der Waals surface area contributed by atoms with Gasteiger partial charge in [-0.3, -0.25) is 14.1 Å². The molecular formula is C28H30F2N6O6S. The molecule has 0 bridgehead atoms. The van der Waals surface area contributed by atoms with Gasteiger partial charge in [-0.1, -0.05) is 6.07 Å². The van der Waals surface area contributed by atoms with Crippen molar-refractivity contribution in [3.63, 3.8) is 0 Å². The second-order valence-electron chi connectivity index (χ2n) is 10.1. The minimum absolute atomic E-state index is 0.00838. The zero-order chi connectivity index (χ0) is 30.9. The van der Waals surface area contributed by atoms with Crippen LogP contribution in [0.4, 0.5) is 20.4 Å². The maximum absolute atomic E-state index is 14.4. The van der Waals surface area contributed by atoms with Gasteiger partial charge in [0.1, 0.15) is 23.0 Å². The first-order valence-corrected chi connectivity index (χ1v) is 15.0. The van der Waals surface area contributed by atoms with E-state index in [1.165, 1.54) is 19.4 Å². The molecule has 0 atom stereocenters. The molecule has 15 heteroatoms. The largest absolute Gasteiger partial charge is 0.480 e. The Morgan fingerprint density at radius 2 is 1.84 bits per heavy atom. The SMILES string of the molecule is COc1ncc(-c2cc3c(C)nc(N)nc3n([C@H]3CC[C@H](OCCO)CC3)c2=O)cc1NS(=O)(=O)c1c(F)cccc1F. The highest BCUT2D eigenvalue weighted by Gasteiger charge is 2.29. The van der Waals surface area contributed by atoms with E-state index in [0.29, 0.717) is 42.4 Å². The number of nitrogens with zero attached hydrogens (tertiary/aromatic N) is 4. The van der Waals surface area contributed by atoms with Gasteiger partial charge in [-0.2, -0.15) is 4.98 Å². The first-order valence-electron chi connectivity index (χ1n) is 13.5. The molecule has 12 nitrogen and oxygen atoms in total. The first-order chi connectivity index (χ1) is 20.5. The third-order valence-corrected chi connectivity index (χ3v) is 8.76. The summed E-state index contributed by atoms with van der Waals surface area (Å²) in [6.45, 7) is 1.88. The van der Waals surface area contributed by atoms with Crippen LogP contribution in [-0.4, -0.2) is 59.5 Å². The van der Waals surface area contributed by atoms with Gasteiger partial charge in [-0.05, 0) is 56.9 Å². The summed E-state index contributed by atoms with van der Waals surface area (Å²) in [5, 5.41) is 9.64. The molecule has 1 saturated carbocycles. The Balaban J connectivity index is 1.62. The summed E-state index contributed by atoms with van der Waals surface area (Å²) in [5.41, 5.74) is 6.55. The van der Waals surface area contributed by atoms with E-state index in [0.717, 1.165) is 18.2 Å². The fourth-order valence-corrected chi connectivity index (χ4v) is 6.56. The van der Waals surface area contributed by atoms with Gasteiger partial charge in [0, 0.05) is 28.8 Å². The first kappa shape index (κ1) is 30.3. The quantitative estimate of drug-likeness (QED) is 0.253. The lowest BCUT2D eigenvalue weighted by molar-refractivity contribution is 0.00169. The number of aliphatic hydroxyl groups excluding tert-OH is 1. The highest BCUT2D eigenvalue weighted by atomic mass is 32.2. The summed E-state index contributed by atoms with van der Waals surface area (Å²) in [7, 11) is -3.52. The second kappa shape index (κ2) is 12.2. The molecule has 3 heterocycles. The zero-order valence-electron chi connectivity index (χ0n) is 23.4. The molecule has 4 aromatic rings. The standard InChI is InChI=1S/C28H30F2N6O6S/c1-15-19-13-20(27(38)36(25(19)34-28(31)33-15)17-6-8-18(9-7-17)42-11-10-37)16-12-23(26(41-2)32-14-16)35-43(39,40)24-21(29)4-3-5-22(24)30/h3-5,12-14,17-18,35,37H,6-11H2,1-2H3,(H2,31,33,34)/t17-,18-. The molecular weight excluding hydrogens is 586 g/mol. The van der Waals surface area contributed by atoms with Crippen LogP contribution in [0.1, 0.15) is 37.4 Å². The fraction of sp³-hybridized carbons (Fsp3) is 0.357. The van der Waals surface area contributed by atoms with Crippen molar-refractivity contribution in [1.29, 1.82) is 0 Å². The van der Waals surface area contributed by atoms with E-state index in [4.69, 9.17) is 20.3 Å². The van der Waals surface area contributed by atoms with Crippen LogP contribution in [0.15, 0.2) is 46.2 Å². The second-order valence-corrected chi connectivity index (χ2v) is 11.7. The molecule has 4 N–H and O–H groups in total. The van der Waals surface area contributed by atoms with Gasteiger partial charge in [0.25, 0.3) is 15.6 Å². The molecule has 3 aromatic heterocycles. The molecule has 43 heavy (non-hydrogen) atoms. The summed E-state index contributed by atoms with van der Waals surface area (Å²) in [6, 6.07) is 5.32. The van der Waals surface area contributed by atoms with E-state index in [-0.39, 0.29) is 54.0 Å². The number of rotatable bonds is 9. The van der Waals surface area contributed by atoms with Gasteiger partial charge >= 0.3 is 0 Å².